The fraction of sp³-hybridized carbons (Fsp3) is 0.238. The number of rotatable bonds is 3. The summed E-state index contributed by atoms with van der Waals surface area (Å²) in [5.41, 5.74) is 3.50. The van der Waals surface area contributed by atoms with Crippen molar-refractivity contribution >= 4 is 23.2 Å². The Kier molecular flexibility index (Phi) is 4.86. The number of para-hydroxylation sites is 2. The lowest BCUT2D eigenvalue weighted by atomic mass is 10.2. The molecule has 0 N–H and O–H groups in total. The first-order valence-corrected chi connectivity index (χ1v) is 9.42. The van der Waals surface area contributed by atoms with Crippen LogP contribution in [-0.2, 0) is 0 Å². The Hall–Kier alpha value is -2.79. The Labute approximate surface area is 163 Å². The molecule has 1 amide bonds. The van der Waals surface area contributed by atoms with E-state index in [1.54, 1.807) is 6.20 Å². The van der Waals surface area contributed by atoms with Crippen LogP contribution in [0.5, 0.6) is 0 Å². The zero-order valence-electron chi connectivity index (χ0n) is 15.2. The highest BCUT2D eigenvalue weighted by Gasteiger charge is 2.25. The predicted octanol–water partition coefficient (Wildman–Crippen LogP) is 3.80. The number of carbonyl (C=O) groups is 1. The fourth-order valence-electron chi connectivity index (χ4n) is 3.48. The van der Waals surface area contributed by atoms with Crippen LogP contribution in [0.4, 0.5) is 5.69 Å². The van der Waals surface area contributed by atoms with Gasteiger partial charge in [0, 0.05) is 26.2 Å². The number of nitrogens with zero attached hydrogens (tertiary/aromatic N) is 4. The summed E-state index contributed by atoms with van der Waals surface area (Å²) in [6.07, 6.45) is 1.67. The topological polar surface area (TPSA) is 41.4 Å². The molecule has 1 aromatic heterocycles. The van der Waals surface area contributed by atoms with Gasteiger partial charge in [-0.25, -0.2) is 4.68 Å². The average molecular weight is 381 g/mol. The van der Waals surface area contributed by atoms with Gasteiger partial charge in [-0.15, -0.1) is 0 Å². The Morgan fingerprint density at radius 3 is 2.33 bits per heavy atom. The fourth-order valence-corrected chi connectivity index (χ4v) is 3.73. The highest BCUT2D eigenvalue weighted by molar-refractivity contribution is 6.33. The molecule has 1 fully saturated rings. The molecule has 138 valence electrons. The van der Waals surface area contributed by atoms with Gasteiger partial charge in [0.05, 0.1) is 33.9 Å². The lowest BCUT2D eigenvalue weighted by molar-refractivity contribution is 0.0746. The second kappa shape index (κ2) is 7.45. The quantitative estimate of drug-likeness (QED) is 0.694. The van der Waals surface area contributed by atoms with Crippen molar-refractivity contribution < 1.29 is 4.79 Å². The van der Waals surface area contributed by atoms with Gasteiger partial charge in [0.25, 0.3) is 5.91 Å². The van der Waals surface area contributed by atoms with E-state index in [1.165, 1.54) is 0 Å². The van der Waals surface area contributed by atoms with Gasteiger partial charge in [-0.2, -0.15) is 5.10 Å². The van der Waals surface area contributed by atoms with Crippen LogP contribution in [-0.4, -0.2) is 46.8 Å². The van der Waals surface area contributed by atoms with Crippen molar-refractivity contribution in [2.45, 2.75) is 6.92 Å². The number of benzene rings is 2. The van der Waals surface area contributed by atoms with Gasteiger partial charge in [-0.1, -0.05) is 41.9 Å². The molecule has 6 heteroatoms. The zero-order valence-corrected chi connectivity index (χ0v) is 15.9. The Bertz CT molecular complexity index is 946. The number of aromatic nitrogens is 2. The molecule has 1 aliphatic rings. The van der Waals surface area contributed by atoms with E-state index in [0.717, 1.165) is 35.2 Å². The summed E-state index contributed by atoms with van der Waals surface area (Å²) >= 11 is 6.30. The lowest BCUT2D eigenvalue weighted by Crippen LogP contribution is -2.49. The molecule has 4 rings (SSSR count). The summed E-state index contributed by atoms with van der Waals surface area (Å²) < 4.78 is 1.81. The van der Waals surface area contributed by atoms with Gasteiger partial charge in [0.1, 0.15) is 0 Å². The standard InChI is InChI=1S/C21H21ClN4O/c1-16-18(15-23-26(16)17-7-3-2-4-8-17)21(27)25-13-11-24(12-14-25)20-10-6-5-9-19(20)22/h2-10,15H,11-14H2,1H3. The molecule has 3 aromatic rings. The molecule has 5 nitrogen and oxygen atoms in total. The molecular formula is C21H21ClN4O. The van der Waals surface area contributed by atoms with Crippen molar-refractivity contribution in [2.75, 3.05) is 31.1 Å². The lowest BCUT2D eigenvalue weighted by Gasteiger charge is -2.36. The minimum Gasteiger partial charge on any atom is -0.367 e. The third-order valence-corrected chi connectivity index (χ3v) is 5.32. The molecular weight excluding hydrogens is 360 g/mol. The summed E-state index contributed by atoms with van der Waals surface area (Å²) in [4.78, 5) is 17.1. The van der Waals surface area contributed by atoms with Gasteiger partial charge in [-0.3, -0.25) is 4.79 Å². The minimum atomic E-state index is 0.0356. The van der Waals surface area contributed by atoms with E-state index in [-0.39, 0.29) is 5.91 Å². The average Bonchev–Trinajstić information content (AvgIpc) is 3.10. The molecule has 0 unspecified atom stereocenters. The first-order valence-electron chi connectivity index (χ1n) is 9.04. The third-order valence-electron chi connectivity index (χ3n) is 5.00. The van der Waals surface area contributed by atoms with Crippen molar-refractivity contribution in [3.8, 4) is 5.69 Å². The third kappa shape index (κ3) is 3.43. The second-order valence-corrected chi connectivity index (χ2v) is 7.03. The molecule has 0 atom stereocenters. The van der Waals surface area contributed by atoms with Crippen LogP contribution in [0.15, 0.2) is 60.8 Å². The molecule has 1 saturated heterocycles. The molecule has 0 aliphatic carbocycles. The van der Waals surface area contributed by atoms with Gasteiger partial charge < -0.3 is 9.80 Å². The van der Waals surface area contributed by atoms with E-state index in [2.05, 4.69) is 10.00 Å². The van der Waals surface area contributed by atoms with Crippen LogP contribution in [0.2, 0.25) is 5.02 Å². The van der Waals surface area contributed by atoms with Crippen molar-refractivity contribution in [2.24, 2.45) is 0 Å². The van der Waals surface area contributed by atoms with Crippen LogP contribution in [0.3, 0.4) is 0 Å². The van der Waals surface area contributed by atoms with Gasteiger partial charge in [0.2, 0.25) is 0 Å². The monoisotopic (exact) mass is 380 g/mol. The highest BCUT2D eigenvalue weighted by atomic mass is 35.5. The summed E-state index contributed by atoms with van der Waals surface area (Å²) in [7, 11) is 0. The number of halogens is 1. The number of hydrogen-bond acceptors (Lipinski definition) is 3. The van der Waals surface area contributed by atoms with Gasteiger partial charge in [0.15, 0.2) is 0 Å². The maximum Gasteiger partial charge on any atom is 0.257 e. The van der Waals surface area contributed by atoms with Crippen LogP contribution in [0.25, 0.3) is 5.69 Å². The minimum absolute atomic E-state index is 0.0356. The molecule has 0 bridgehead atoms. The number of piperazine rings is 1. The molecule has 1 aliphatic heterocycles. The maximum atomic E-state index is 13.0. The zero-order chi connectivity index (χ0) is 18.8. The van der Waals surface area contributed by atoms with E-state index >= 15 is 0 Å². The molecule has 0 radical (unpaired) electrons. The van der Waals surface area contributed by atoms with Crippen LogP contribution < -0.4 is 4.90 Å². The largest absolute Gasteiger partial charge is 0.367 e. The van der Waals surface area contributed by atoms with E-state index in [0.29, 0.717) is 18.7 Å². The highest BCUT2D eigenvalue weighted by Crippen LogP contribution is 2.26. The van der Waals surface area contributed by atoms with E-state index in [9.17, 15) is 4.79 Å². The van der Waals surface area contributed by atoms with Gasteiger partial charge in [-0.05, 0) is 31.2 Å². The van der Waals surface area contributed by atoms with E-state index in [1.807, 2.05) is 71.1 Å². The van der Waals surface area contributed by atoms with Crippen LogP contribution in [0, 0.1) is 6.92 Å². The maximum absolute atomic E-state index is 13.0. The number of hydrogen-bond donors (Lipinski definition) is 0. The van der Waals surface area contributed by atoms with E-state index < -0.39 is 0 Å². The first kappa shape index (κ1) is 17.6. The summed E-state index contributed by atoms with van der Waals surface area (Å²) in [6, 6.07) is 17.7. The van der Waals surface area contributed by atoms with E-state index in [4.69, 9.17) is 11.6 Å². The normalized spacial score (nSPS) is 14.4. The predicted molar refractivity (Wildman–Crippen MR) is 108 cm³/mol. The first-order chi connectivity index (χ1) is 13.1. The second-order valence-electron chi connectivity index (χ2n) is 6.62. The van der Waals surface area contributed by atoms with Crippen molar-refractivity contribution in [1.82, 2.24) is 14.7 Å². The Balaban J connectivity index is 1.47. The molecule has 0 saturated carbocycles. The van der Waals surface area contributed by atoms with Crippen molar-refractivity contribution in [3.05, 3.63) is 77.1 Å². The Morgan fingerprint density at radius 2 is 1.63 bits per heavy atom. The van der Waals surface area contributed by atoms with Gasteiger partial charge >= 0.3 is 0 Å². The van der Waals surface area contributed by atoms with Crippen LogP contribution in [0.1, 0.15) is 16.1 Å². The number of amides is 1. The molecule has 27 heavy (non-hydrogen) atoms. The SMILES string of the molecule is Cc1c(C(=O)N2CCN(c3ccccc3Cl)CC2)cnn1-c1ccccc1. The summed E-state index contributed by atoms with van der Waals surface area (Å²) in [5.74, 6) is 0.0356. The Morgan fingerprint density at radius 1 is 0.963 bits per heavy atom. The number of anilines is 1. The number of carbonyl (C=O) groups excluding carboxylic acids is 1. The van der Waals surface area contributed by atoms with Crippen molar-refractivity contribution in [1.29, 1.82) is 0 Å². The summed E-state index contributed by atoms with van der Waals surface area (Å²) in [6.45, 7) is 4.80. The van der Waals surface area contributed by atoms with Crippen molar-refractivity contribution in [3.63, 3.8) is 0 Å². The van der Waals surface area contributed by atoms with Crippen LogP contribution >= 0.6 is 11.6 Å². The molecule has 2 aromatic carbocycles. The smallest absolute Gasteiger partial charge is 0.257 e. The molecule has 2 heterocycles. The summed E-state index contributed by atoms with van der Waals surface area (Å²) in [5, 5.41) is 5.16. The molecule has 0 spiro atoms.